The summed E-state index contributed by atoms with van der Waals surface area (Å²) in [6.45, 7) is 4.96. The Balaban J connectivity index is 1.78. The van der Waals surface area contributed by atoms with Gasteiger partial charge in [-0.25, -0.2) is 9.50 Å². The number of rotatable bonds is 4. The van der Waals surface area contributed by atoms with Gasteiger partial charge >= 0.3 is 0 Å². The number of aromatic nitrogens is 4. The van der Waals surface area contributed by atoms with Crippen LogP contribution in [-0.2, 0) is 4.74 Å². The second kappa shape index (κ2) is 6.59. The van der Waals surface area contributed by atoms with Crippen molar-refractivity contribution in [3.8, 4) is 0 Å². The predicted molar refractivity (Wildman–Crippen MR) is 82.1 cm³/mol. The summed E-state index contributed by atoms with van der Waals surface area (Å²) >= 11 is 0. The molecule has 2 aromatic heterocycles. The number of ether oxygens (including phenoxy) is 1. The molecule has 8 nitrogen and oxygen atoms in total. The van der Waals surface area contributed by atoms with Gasteiger partial charge in [-0.1, -0.05) is 0 Å². The van der Waals surface area contributed by atoms with Gasteiger partial charge in [-0.15, -0.1) is 5.10 Å². The van der Waals surface area contributed by atoms with Crippen LogP contribution in [0.15, 0.2) is 6.07 Å². The van der Waals surface area contributed by atoms with Crippen molar-refractivity contribution in [2.75, 3.05) is 19.8 Å². The highest BCUT2D eigenvalue weighted by Gasteiger charge is 2.26. The monoisotopic (exact) mass is 319 g/mol. The molecule has 8 heteroatoms. The SMILES string of the molecule is Cc1cc(C)n2nc(C(=O)N[C@@H](CO)C3CCOCC3)nc2n1. The molecule has 2 aromatic rings. The molecule has 0 bridgehead atoms. The smallest absolute Gasteiger partial charge is 0.291 e. The van der Waals surface area contributed by atoms with Crippen LogP contribution >= 0.6 is 0 Å². The number of aryl methyl sites for hydroxylation is 2. The lowest BCUT2D eigenvalue weighted by Crippen LogP contribution is -2.45. The Bertz CT molecular complexity index is 708. The van der Waals surface area contributed by atoms with Crippen LogP contribution in [0.5, 0.6) is 0 Å². The number of hydrogen-bond acceptors (Lipinski definition) is 6. The standard InChI is InChI=1S/C15H21N5O3/c1-9-7-10(2)20-15(16-9)18-13(19-20)14(22)17-12(8-21)11-3-5-23-6-4-11/h7,11-12,21H,3-6,8H2,1-2H3,(H,17,22)/t12-/m0/s1. The first-order valence-corrected chi connectivity index (χ1v) is 7.79. The van der Waals surface area contributed by atoms with Crippen molar-refractivity contribution in [1.29, 1.82) is 0 Å². The molecule has 3 rings (SSSR count). The van der Waals surface area contributed by atoms with E-state index in [2.05, 4.69) is 20.4 Å². The number of aliphatic hydroxyl groups is 1. The first kappa shape index (κ1) is 15.8. The molecule has 1 fully saturated rings. The van der Waals surface area contributed by atoms with Crippen LogP contribution in [0.3, 0.4) is 0 Å². The number of carbonyl (C=O) groups excluding carboxylic acids is 1. The van der Waals surface area contributed by atoms with E-state index < -0.39 is 5.91 Å². The van der Waals surface area contributed by atoms with Crippen LogP contribution in [0.25, 0.3) is 5.78 Å². The lowest BCUT2D eigenvalue weighted by molar-refractivity contribution is 0.0418. The van der Waals surface area contributed by atoms with Crippen LogP contribution in [-0.4, -0.2) is 56.5 Å². The zero-order valence-electron chi connectivity index (χ0n) is 13.3. The van der Waals surface area contributed by atoms with Crippen molar-refractivity contribution < 1.29 is 14.6 Å². The van der Waals surface area contributed by atoms with Crippen molar-refractivity contribution in [1.82, 2.24) is 24.9 Å². The summed E-state index contributed by atoms with van der Waals surface area (Å²) in [5, 5.41) is 16.6. The summed E-state index contributed by atoms with van der Waals surface area (Å²) in [5.74, 6) is 0.283. The predicted octanol–water partition coefficient (Wildman–Crippen LogP) is 0.258. The molecule has 1 aliphatic rings. The number of aliphatic hydroxyl groups excluding tert-OH is 1. The lowest BCUT2D eigenvalue weighted by atomic mass is 9.92. The number of amides is 1. The zero-order valence-corrected chi connectivity index (χ0v) is 13.3. The molecule has 1 amide bonds. The number of fused-ring (bicyclic) bond motifs is 1. The second-order valence-electron chi connectivity index (χ2n) is 5.90. The third-order valence-electron chi connectivity index (χ3n) is 4.17. The fourth-order valence-electron chi connectivity index (χ4n) is 2.93. The molecular weight excluding hydrogens is 298 g/mol. The number of hydrogen-bond donors (Lipinski definition) is 2. The van der Waals surface area contributed by atoms with Gasteiger partial charge in [-0.05, 0) is 38.7 Å². The highest BCUT2D eigenvalue weighted by molar-refractivity contribution is 5.91. The van der Waals surface area contributed by atoms with Gasteiger partial charge in [0.2, 0.25) is 5.82 Å². The molecule has 0 spiro atoms. The third kappa shape index (κ3) is 3.32. The average Bonchev–Trinajstić information content (AvgIpc) is 2.97. The second-order valence-corrected chi connectivity index (χ2v) is 5.90. The van der Waals surface area contributed by atoms with Crippen LogP contribution in [0.2, 0.25) is 0 Å². The van der Waals surface area contributed by atoms with Gasteiger partial charge in [-0.2, -0.15) is 4.98 Å². The van der Waals surface area contributed by atoms with E-state index in [4.69, 9.17) is 4.74 Å². The topological polar surface area (TPSA) is 102 Å². The van der Waals surface area contributed by atoms with E-state index in [1.54, 1.807) is 4.52 Å². The Labute approximate surface area is 133 Å². The van der Waals surface area contributed by atoms with E-state index >= 15 is 0 Å². The van der Waals surface area contributed by atoms with Gasteiger partial charge in [-0.3, -0.25) is 4.79 Å². The third-order valence-corrected chi connectivity index (χ3v) is 4.17. The number of nitrogens with zero attached hydrogens (tertiary/aromatic N) is 4. The van der Waals surface area contributed by atoms with E-state index in [1.165, 1.54) is 0 Å². The molecule has 1 atom stereocenters. The quantitative estimate of drug-likeness (QED) is 0.838. The fraction of sp³-hybridized carbons (Fsp3) is 0.600. The molecule has 1 saturated heterocycles. The Morgan fingerprint density at radius 2 is 2.17 bits per heavy atom. The van der Waals surface area contributed by atoms with Gasteiger partial charge in [0, 0.05) is 24.6 Å². The average molecular weight is 319 g/mol. The minimum atomic E-state index is -0.391. The van der Waals surface area contributed by atoms with E-state index in [9.17, 15) is 9.90 Å². The Kier molecular flexibility index (Phi) is 4.53. The van der Waals surface area contributed by atoms with E-state index in [-0.39, 0.29) is 24.4 Å². The first-order valence-electron chi connectivity index (χ1n) is 7.79. The molecule has 0 radical (unpaired) electrons. The van der Waals surface area contributed by atoms with Crippen molar-refractivity contribution in [2.45, 2.75) is 32.7 Å². The van der Waals surface area contributed by atoms with Crippen LogP contribution in [0.4, 0.5) is 0 Å². The maximum absolute atomic E-state index is 12.4. The summed E-state index contributed by atoms with van der Waals surface area (Å²) in [6, 6.07) is 1.57. The summed E-state index contributed by atoms with van der Waals surface area (Å²) in [7, 11) is 0. The molecular formula is C15H21N5O3. The van der Waals surface area contributed by atoms with Crippen LogP contribution in [0, 0.1) is 19.8 Å². The fourth-order valence-corrected chi connectivity index (χ4v) is 2.93. The molecule has 0 unspecified atom stereocenters. The maximum Gasteiger partial charge on any atom is 0.291 e. The molecule has 0 aromatic carbocycles. The van der Waals surface area contributed by atoms with E-state index in [0.29, 0.717) is 19.0 Å². The van der Waals surface area contributed by atoms with Gasteiger partial charge in [0.1, 0.15) is 0 Å². The highest BCUT2D eigenvalue weighted by atomic mass is 16.5. The van der Waals surface area contributed by atoms with E-state index in [1.807, 2.05) is 19.9 Å². The number of carbonyl (C=O) groups is 1. The molecule has 0 aliphatic carbocycles. The van der Waals surface area contributed by atoms with Crippen molar-refractivity contribution in [2.24, 2.45) is 5.92 Å². The van der Waals surface area contributed by atoms with Crippen molar-refractivity contribution >= 4 is 11.7 Å². The first-order chi connectivity index (χ1) is 11.1. The summed E-state index contributed by atoms with van der Waals surface area (Å²) < 4.78 is 6.86. The minimum Gasteiger partial charge on any atom is -0.394 e. The zero-order chi connectivity index (χ0) is 16.4. The molecule has 124 valence electrons. The Morgan fingerprint density at radius 3 is 2.87 bits per heavy atom. The molecule has 0 saturated carbocycles. The lowest BCUT2D eigenvalue weighted by Gasteiger charge is -2.29. The van der Waals surface area contributed by atoms with Crippen LogP contribution < -0.4 is 5.32 Å². The van der Waals surface area contributed by atoms with Gasteiger partial charge in [0.05, 0.1) is 12.6 Å². The van der Waals surface area contributed by atoms with Gasteiger partial charge < -0.3 is 15.2 Å². The van der Waals surface area contributed by atoms with Crippen molar-refractivity contribution in [3.63, 3.8) is 0 Å². The van der Waals surface area contributed by atoms with Crippen molar-refractivity contribution in [3.05, 3.63) is 23.3 Å². The van der Waals surface area contributed by atoms with Crippen LogP contribution in [0.1, 0.15) is 34.8 Å². The Hall–Kier alpha value is -2.06. The molecule has 23 heavy (non-hydrogen) atoms. The largest absolute Gasteiger partial charge is 0.394 e. The summed E-state index contributed by atoms with van der Waals surface area (Å²) in [4.78, 5) is 20.9. The van der Waals surface area contributed by atoms with Gasteiger partial charge in [0.25, 0.3) is 11.7 Å². The maximum atomic E-state index is 12.4. The summed E-state index contributed by atoms with van der Waals surface area (Å²) in [5.41, 5.74) is 1.69. The highest BCUT2D eigenvalue weighted by Crippen LogP contribution is 2.19. The van der Waals surface area contributed by atoms with Gasteiger partial charge in [0.15, 0.2) is 0 Å². The summed E-state index contributed by atoms with van der Waals surface area (Å²) in [6.07, 6.45) is 1.65. The number of nitrogens with one attached hydrogen (secondary N) is 1. The molecule has 2 N–H and O–H groups in total. The minimum absolute atomic E-state index is 0.0664. The molecule has 3 heterocycles. The normalized spacial score (nSPS) is 17.3. The Morgan fingerprint density at radius 1 is 1.43 bits per heavy atom. The van der Waals surface area contributed by atoms with E-state index in [0.717, 1.165) is 24.2 Å². The molecule has 1 aliphatic heterocycles.